The van der Waals surface area contributed by atoms with E-state index in [1.807, 2.05) is 31.2 Å². The van der Waals surface area contributed by atoms with Crippen molar-refractivity contribution in [2.24, 2.45) is 0 Å². The number of aromatic nitrogens is 1. The van der Waals surface area contributed by atoms with Crippen molar-refractivity contribution in [1.29, 1.82) is 0 Å². The number of nitrogens with one attached hydrogen (secondary N) is 1. The number of hydrogen-bond donors (Lipinski definition) is 1. The van der Waals surface area contributed by atoms with E-state index in [1.54, 1.807) is 0 Å². The molecule has 2 aromatic carbocycles. The van der Waals surface area contributed by atoms with Crippen LogP contribution in [0.1, 0.15) is 28.4 Å². The first-order valence-electron chi connectivity index (χ1n) is 7.00. The fraction of sp³-hybridized carbons (Fsp3) is 0.167. The Morgan fingerprint density at radius 2 is 1.90 bits per heavy atom. The molecule has 0 atom stereocenters. The Bertz CT molecular complexity index is 815. The number of halogens is 1. The minimum atomic E-state index is 0.648. The third kappa shape index (κ3) is 2.36. The maximum absolute atomic E-state index is 11.6. The monoisotopic (exact) mass is 297 g/mol. The van der Waals surface area contributed by atoms with E-state index in [0.29, 0.717) is 10.6 Å². The molecule has 1 aromatic heterocycles. The highest BCUT2D eigenvalue weighted by atomic mass is 35.5. The number of H-pyrrole nitrogens is 1. The quantitative estimate of drug-likeness (QED) is 0.665. The zero-order valence-corrected chi connectivity index (χ0v) is 12.8. The molecular weight excluding hydrogens is 282 g/mol. The van der Waals surface area contributed by atoms with Crippen LogP contribution in [0.2, 0.25) is 5.02 Å². The summed E-state index contributed by atoms with van der Waals surface area (Å²) in [5.41, 5.74) is 5.82. The summed E-state index contributed by atoms with van der Waals surface area (Å²) in [6, 6.07) is 12.0. The summed E-state index contributed by atoms with van der Waals surface area (Å²) in [5, 5.41) is 1.53. The molecule has 2 nitrogen and oxygen atoms in total. The Hall–Kier alpha value is -2.06. The molecule has 0 aliphatic heterocycles. The average molecular weight is 298 g/mol. The van der Waals surface area contributed by atoms with Gasteiger partial charge in [0.2, 0.25) is 0 Å². The third-order valence-corrected chi connectivity index (χ3v) is 4.10. The van der Waals surface area contributed by atoms with Gasteiger partial charge in [0.15, 0.2) is 6.29 Å². The Balaban J connectivity index is 2.26. The minimum Gasteiger partial charge on any atom is -0.354 e. The van der Waals surface area contributed by atoms with Gasteiger partial charge in [0.25, 0.3) is 0 Å². The topological polar surface area (TPSA) is 32.9 Å². The zero-order valence-electron chi connectivity index (χ0n) is 12.0. The molecule has 0 amide bonds. The maximum atomic E-state index is 11.6. The van der Waals surface area contributed by atoms with Gasteiger partial charge in [-0.25, -0.2) is 0 Å². The smallest absolute Gasteiger partial charge is 0.152 e. The first-order valence-corrected chi connectivity index (χ1v) is 7.38. The predicted molar refractivity (Wildman–Crippen MR) is 88.2 cm³/mol. The maximum Gasteiger partial charge on any atom is 0.152 e. The molecule has 3 aromatic rings. The van der Waals surface area contributed by atoms with Gasteiger partial charge in [-0.2, -0.15) is 0 Å². The van der Waals surface area contributed by atoms with E-state index in [4.69, 9.17) is 11.6 Å². The van der Waals surface area contributed by atoms with Crippen molar-refractivity contribution in [3.05, 3.63) is 58.1 Å². The molecule has 0 saturated carbocycles. The number of benzene rings is 2. The molecule has 106 valence electrons. The van der Waals surface area contributed by atoms with Gasteiger partial charge in [0, 0.05) is 21.5 Å². The van der Waals surface area contributed by atoms with Crippen LogP contribution in [0.5, 0.6) is 0 Å². The molecule has 1 heterocycles. The number of carbonyl (C=O) groups is 1. The highest BCUT2D eigenvalue weighted by Crippen LogP contribution is 2.32. The lowest BCUT2D eigenvalue weighted by molar-refractivity contribution is 0.112. The molecule has 0 aliphatic carbocycles. The Kier molecular flexibility index (Phi) is 3.56. The number of rotatable bonds is 3. The van der Waals surface area contributed by atoms with Crippen molar-refractivity contribution >= 4 is 28.8 Å². The van der Waals surface area contributed by atoms with Gasteiger partial charge in [-0.1, -0.05) is 42.8 Å². The molecular formula is C18H16ClNO. The van der Waals surface area contributed by atoms with Gasteiger partial charge in [0.1, 0.15) is 0 Å². The molecule has 0 spiro atoms. The summed E-state index contributed by atoms with van der Waals surface area (Å²) in [4.78, 5) is 14.9. The lowest BCUT2D eigenvalue weighted by Gasteiger charge is -2.02. The first kappa shape index (κ1) is 13.9. The van der Waals surface area contributed by atoms with Crippen LogP contribution in [0.25, 0.3) is 22.2 Å². The van der Waals surface area contributed by atoms with Gasteiger partial charge in [-0.15, -0.1) is 0 Å². The third-order valence-electron chi connectivity index (χ3n) is 3.88. The van der Waals surface area contributed by atoms with Crippen LogP contribution in [0, 0.1) is 6.92 Å². The SMILES string of the molecule is CCc1ccc(-c2[nH]c3c(C)cc(Cl)cc3c2C=O)cc1. The van der Waals surface area contributed by atoms with E-state index in [1.165, 1.54) is 5.56 Å². The number of hydrogen-bond acceptors (Lipinski definition) is 1. The molecule has 0 unspecified atom stereocenters. The lowest BCUT2D eigenvalue weighted by Crippen LogP contribution is -1.86. The van der Waals surface area contributed by atoms with E-state index >= 15 is 0 Å². The Morgan fingerprint density at radius 3 is 2.52 bits per heavy atom. The number of aromatic amines is 1. The summed E-state index contributed by atoms with van der Waals surface area (Å²) in [5.74, 6) is 0. The van der Waals surface area contributed by atoms with Crippen molar-refractivity contribution in [3.8, 4) is 11.3 Å². The van der Waals surface area contributed by atoms with E-state index < -0.39 is 0 Å². The second kappa shape index (κ2) is 5.38. The standard InChI is InChI=1S/C18H16ClNO/c1-3-12-4-6-13(7-5-12)18-16(10-21)15-9-14(19)8-11(2)17(15)20-18/h4-10,20H,3H2,1-2H3. The second-order valence-electron chi connectivity index (χ2n) is 5.23. The van der Waals surface area contributed by atoms with E-state index in [-0.39, 0.29) is 0 Å². The molecule has 0 saturated heterocycles. The molecule has 0 radical (unpaired) electrons. The Morgan fingerprint density at radius 1 is 1.19 bits per heavy atom. The molecule has 0 bridgehead atoms. The van der Waals surface area contributed by atoms with Crippen LogP contribution in [-0.2, 0) is 6.42 Å². The normalized spacial score (nSPS) is 11.0. The van der Waals surface area contributed by atoms with Gasteiger partial charge in [-0.3, -0.25) is 4.79 Å². The van der Waals surface area contributed by atoms with Crippen molar-refractivity contribution in [2.45, 2.75) is 20.3 Å². The number of fused-ring (bicyclic) bond motifs is 1. The van der Waals surface area contributed by atoms with E-state index in [0.717, 1.165) is 40.4 Å². The summed E-state index contributed by atoms with van der Waals surface area (Å²) >= 11 is 6.12. The number of aldehydes is 1. The number of carbonyl (C=O) groups excluding carboxylic acids is 1. The van der Waals surface area contributed by atoms with Crippen molar-refractivity contribution in [2.75, 3.05) is 0 Å². The molecule has 3 heteroatoms. The summed E-state index contributed by atoms with van der Waals surface area (Å²) in [6.07, 6.45) is 1.90. The molecule has 0 aliphatic rings. The number of aryl methyl sites for hydroxylation is 2. The van der Waals surface area contributed by atoms with Gasteiger partial charge >= 0.3 is 0 Å². The lowest BCUT2D eigenvalue weighted by atomic mass is 10.0. The van der Waals surface area contributed by atoms with E-state index in [2.05, 4.69) is 24.0 Å². The van der Waals surface area contributed by atoms with Crippen LogP contribution < -0.4 is 0 Å². The van der Waals surface area contributed by atoms with Crippen LogP contribution in [-0.4, -0.2) is 11.3 Å². The van der Waals surface area contributed by atoms with Gasteiger partial charge in [-0.05, 0) is 42.2 Å². The van der Waals surface area contributed by atoms with Crippen molar-refractivity contribution in [3.63, 3.8) is 0 Å². The van der Waals surface area contributed by atoms with Gasteiger partial charge < -0.3 is 4.98 Å². The fourth-order valence-corrected chi connectivity index (χ4v) is 2.98. The van der Waals surface area contributed by atoms with Crippen molar-refractivity contribution in [1.82, 2.24) is 4.98 Å². The predicted octanol–water partition coefficient (Wildman–Crippen LogP) is 5.17. The highest BCUT2D eigenvalue weighted by molar-refractivity contribution is 6.31. The zero-order chi connectivity index (χ0) is 15.0. The Labute approximate surface area is 128 Å². The van der Waals surface area contributed by atoms with Crippen LogP contribution in [0.15, 0.2) is 36.4 Å². The average Bonchev–Trinajstić information content (AvgIpc) is 2.86. The summed E-state index contributed by atoms with van der Waals surface area (Å²) in [7, 11) is 0. The van der Waals surface area contributed by atoms with E-state index in [9.17, 15) is 4.79 Å². The fourth-order valence-electron chi connectivity index (χ4n) is 2.71. The highest BCUT2D eigenvalue weighted by Gasteiger charge is 2.14. The summed E-state index contributed by atoms with van der Waals surface area (Å²) in [6.45, 7) is 4.11. The molecule has 3 rings (SSSR count). The second-order valence-corrected chi connectivity index (χ2v) is 5.66. The van der Waals surface area contributed by atoms with Gasteiger partial charge in [0.05, 0.1) is 5.69 Å². The molecule has 1 N–H and O–H groups in total. The first-order chi connectivity index (χ1) is 10.1. The molecule has 21 heavy (non-hydrogen) atoms. The van der Waals surface area contributed by atoms with Crippen LogP contribution in [0.4, 0.5) is 0 Å². The van der Waals surface area contributed by atoms with Crippen LogP contribution in [0.3, 0.4) is 0 Å². The summed E-state index contributed by atoms with van der Waals surface area (Å²) < 4.78 is 0. The van der Waals surface area contributed by atoms with Crippen molar-refractivity contribution < 1.29 is 4.79 Å². The minimum absolute atomic E-state index is 0.648. The largest absolute Gasteiger partial charge is 0.354 e. The van der Waals surface area contributed by atoms with Crippen LogP contribution >= 0.6 is 11.6 Å². The molecule has 0 fully saturated rings.